The molecule has 2 nitrogen and oxygen atoms in total. The second kappa shape index (κ2) is 9.42. The highest BCUT2D eigenvalue weighted by Crippen LogP contribution is 2.34. The third-order valence-corrected chi connectivity index (χ3v) is 6.39. The van der Waals surface area contributed by atoms with Crippen molar-refractivity contribution in [2.75, 3.05) is 6.61 Å². The zero-order chi connectivity index (χ0) is 22.6. The molecule has 0 radical (unpaired) electrons. The highest BCUT2D eigenvalue weighted by atomic mass is 16.5. The number of unbranched alkanes of at least 4 members (excludes halogenated alkanes) is 1. The van der Waals surface area contributed by atoms with Crippen LogP contribution < -0.4 is 0 Å². The molecule has 0 fully saturated rings. The quantitative estimate of drug-likeness (QED) is 0.210. The predicted octanol–water partition coefficient (Wildman–Crippen LogP) is 8.08. The van der Waals surface area contributed by atoms with Crippen LogP contribution in [-0.2, 0) is 20.4 Å². The van der Waals surface area contributed by atoms with E-state index in [2.05, 4.69) is 90.1 Å². The minimum atomic E-state index is -0.0659. The number of rotatable bonds is 8. The minimum Gasteiger partial charge on any atom is -0.466 e. The molecule has 0 unspecified atom stereocenters. The van der Waals surface area contributed by atoms with Gasteiger partial charge in [-0.15, -0.1) is 0 Å². The van der Waals surface area contributed by atoms with Crippen molar-refractivity contribution in [2.24, 2.45) is 0 Å². The summed E-state index contributed by atoms with van der Waals surface area (Å²) in [6.07, 6.45) is 4.31. The number of esters is 1. The molecule has 0 aliphatic carbocycles. The van der Waals surface area contributed by atoms with E-state index in [1.807, 2.05) is 0 Å². The summed E-state index contributed by atoms with van der Waals surface area (Å²) in [7, 11) is 0. The SMILES string of the molecule is CCCCOC(=O)CCCC(C)(C)c1ccc2cc3cc(C(C)(C)C)ccc3cc2c1. The van der Waals surface area contributed by atoms with Crippen LogP contribution >= 0.6 is 0 Å². The summed E-state index contributed by atoms with van der Waals surface area (Å²) in [5.41, 5.74) is 2.86. The van der Waals surface area contributed by atoms with Gasteiger partial charge >= 0.3 is 5.97 Å². The Kier molecular flexibility index (Phi) is 7.09. The average molecular weight is 419 g/mol. The number of carbonyl (C=O) groups is 1. The summed E-state index contributed by atoms with van der Waals surface area (Å²) in [5, 5.41) is 5.14. The van der Waals surface area contributed by atoms with Crippen LogP contribution in [0.3, 0.4) is 0 Å². The Hall–Kier alpha value is -2.35. The van der Waals surface area contributed by atoms with Crippen LogP contribution in [0.1, 0.15) is 84.8 Å². The Morgan fingerprint density at radius 3 is 1.94 bits per heavy atom. The van der Waals surface area contributed by atoms with Crippen molar-refractivity contribution < 1.29 is 9.53 Å². The fourth-order valence-electron chi connectivity index (χ4n) is 4.11. The number of carbonyl (C=O) groups excluding carboxylic acids is 1. The van der Waals surface area contributed by atoms with E-state index in [4.69, 9.17) is 4.74 Å². The van der Waals surface area contributed by atoms with Gasteiger partial charge in [0.1, 0.15) is 0 Å². The molecule has 31 heavy (non-hydrogen) atoms. The highest BCUT2D eigenvalue weighted by molar-refractivity contribution is 5.98. The number of hydrogen-bond acceptors (Lipinski definition) is 2. The lowest BCUT2D eigenvalue weighted by Gasteiger charge is -2.26. The van der Waals surface area contributed by atoms with E-state index in [9.17, 15) is 4.79 Å². The van der Waals surface area contributed by atoms with Gasteiger partial charge in [-0.25, -0.2) is 0 Å². The van der Waals surface area contributed by atoms with E-state index < -0.39 is 0 Å². The van der Waals surface area contributed by atoms with Gasteiger partial charge in [-0.3, -0.25) is 4.79 Å². The summed E-state index contributed by atoms with van der Waals surface area (Å²) >= 11 is 0. The van der Waals surface area contributed by atoms with Crippen LogP contribution in [-0.4, -0.2) is 12.6 Å². The van der Waals surface area contributed by atoms with E-state index in [1.165, 1.54) is 32.7 Å². The van der Waals surface area contributed by atoms with Gasteiger partial charge in [-0.2, -0.15) is 0 Å². The Bertz CT molecular complexity index is 1050. The fraction of sp³-hybridized carbons (Fsp3) is 0.483. The molecule has 0 saturated heterocycles. The maximum Gasteiger partial charge on any atom is 0.305 e. The third-order valence-electron chi connectivity index (χ3n) is 6.39. The lowest BCUT2D eigenvalue weighted by atomic mass is 9.79. The summed E-state index contributed by atoms with van der Waals surface area (Å²) < 4.78 is 5.29. The second-order valence-corrected chi connectivity index (χ2v) is 10.5. The van der Waals surface area contributed by atoms with E-state index >= 15 is 0 Å². The maximum atomic E-state index is 11.9. The van der Waals surface area contributed by atoms with E-state index in [0.29, 0.717) is 13.0 Å². The Morgan fingerprint density at radius 1 is 0.774 bits per heavy atom. The molecular formula is C29H38O2. The molecule has 0 aliphatic rings. The first-order valence-electron chi connectivity index (χ1n) is 11.7. The summed E-state index contributed by atoms with van der Waals surface area (Å²) in [5.74, 6) is -0.0659. The van der Waals surface area contributed by atoms with Crippen molar-refractivity contribution >= 4 is 27.5 Å². The second-order valence-electron chi connectivity index (χ2n) is 10.5. The first kappa shape index (κ1) is 23.3. The van der Waals surface area contributed by atoms with Crippen molar-refractivity contribution in [3.05, 3.63) is 59.7 Å². The molecule has 3 aromatic rings. The zero-order valence-corrected chi connectivity index (χ0v) is 20.2. The van der Waals surface area contributed by atoms with Crippen LogP contribution in [0.2, 0.25) is 0 Å². The summed E-state index contributed by atoms with van der Waals surface area (Å²) in [4.78, 5) is 11.9. The zero-order valence-electron chi connectivity index (χ0n) is 20.2. The smallest absolute Gasteiger partial charge is 0.305 e. The molecule has 0 bridgehead atoms. The molecule has 3 rings (SSSR count). The molecule has 3 aromatic carbocycles. The first-order chi connectivity index (χ1) is 14.6. The van der Waals surface area contributed by atoms with Crippen molar-refractivity contribution in [3.8, 4) is 0 Å². The molecule has 0 saturated carbocycles. The van der Waals surface area contributed by atoms with Crippen molar-refractivity contribution in [1.82, 2.24) is 0 Å². The van der Waals surface area contributed by atoms with Crippen LogP contribution in [0.15, 0.2) is 48.5 Å². The summed E-state index contributed by atoms with van der Waals surface area (Å²) in [6, 6.07) is 18.3. The molecule has 2 heteroatoms. The molecule has 0 aliphatic heterocycles. The van der Waals surface area contributed by atoms with Crippen molar-refractivity contribution in [3.63, 3.8) is 0 Å². The Morgan fingerprint density at radius 2 is 1.35 bits per heavy atom. The highest BCUT2D eigenvalue weighted by Gasteiger charge is 2.21. The third kappa shape index (κ3) is 5.87. The number of fused-ring (bicyclic) bond motifs is 2. The molecule has 166 valence electrons. The van der Waals surface area contributed by atoms with E-state index in [-0.39, 0.29) is 16.8 Å². The molecule has 0 aromatic heterocycles. The topological polar surface area (TPSA) is 26.3 Å². The lowest BCUT2D eigenvalue weighted by Crippen LogP contribution is -2.18. The van der Waals surface area contributed by atoms with Gasteiger partial charge in [0.15, 0.2) is 0 Å². The molecule has 0 heterocycles. The van der Waals surface area contributed by atoms with Gasteiger partial charge in [-0.1, -0.05) is 84.4 Å². The molecular weight excluding hydrogens is 380 g/mol. The molecule has 0 atom stereocenters. The number of benzene rings is 3. The van der Waals surface area contributed by atoms with Gasteiger partial charge in [0.05, 0.1) is 6.61 Å². The van der Waals surface area contributed by atoms with Gasteiger partial charge in [-0.05, 0) is 74.9 Å². The van der Waals surface area contributed by atoms with Gasteiger partial charge < -0.3 is 4.74 Å². The average Bonchev–Trinajstić information content (AvgIpc) is 2.70. The summed E-state index contributed by atoms with van der Waals surface area (Å²) in [6.45, 7) is 14.0. The van der Waals surface area contributed by atoms with Gasteiger partial charge in [0, 0.05) is 6.42 Å². The first-order valence-corrected chi connectivity index (χ1v) is 11.7. The van der Waals surface area contributed by atoms with Crippen LogP contribution in [0.4, 0.5) is 0 Å². The minimum absolute atomic E-state index is 0.0168. The van der Waals surface area contributed by atoms with E-state index in [0.717, 1.165) is 25.7 Å². The Balaban J connectivity index is 1.76. The van der Waals surface area contributed by atoms with Crippen LogP contribution in [0.5, 0.6) is 0 Å². The van der Waals surface area contributed by atoms with E-state index in [1.54, 1.807) is 0 Å². The van der Waals surface area contributed by atoms with Crippen molar-refractivity contribution in [2.45, 2.75) is 84.5 Å². The standard InChI is InChI=1S/C29H38O2/c1-7-8-16-31-27(30)10-9-15-29(5,6)26-14-12-22-17-23-19-25(28(2,3)4)13-11-21(23)18-24(22)20-26/h11-14,17-20H,7-10,15-16H2,1-6H3. The normalized spacial score (nSPS) is 12.5. The molecule has 0 N–H and O–H groups in total. The molecule has 0 amide bonds. The number of hydrogen-bond donors (Lipinski definition) is 0. The predicted molar refractivity (Wildman–Crippen MR) is 133 cm³/mol. The van der Waals surface area contributed by atoms with Crippen LogP contribution in [0.25, 0.3) is 21.5 Å². The largest absolute Gasteiger partial charge is 0.466 e. The lowest BCUT2D eigenvalue weighted by molar-refractivity contribution is -0.143. The van der Waals surface area contributed by atoms with Gasteiger partial charge in [0.2, 0.25) is 0 Å². The number of ether oxygens (including phenoxy) is 1. The monoisotopic (exact) mass is 418 g/mol. The maximum absolute atomic E-state index is 11.9. The Labute approximate surface area is 188 Å². The van der Waals surface area contributed by atoms with Crippen LogP contribution in [0, 0.1) is 0 Å². The van der Waals surface area contributed by atoms with Gasteiger partial charge in [0.25, 0.3) is 0 Å². The molecule has 0 spiro atoms. The fourth-order valence-corrected chi connectivity index (χ4v) is 4.11. The van der Waals surface area contributed by atoms with Crippen molar-refractivity contribution in [1.29, 1.82) is 0 Å².